The number of hydrogen-bond acceptors (Lipinski definition) is 9. The number of nitrogens with one attached hydrogen (secondary N) is 1. The van der Waals surface area contributed by atoms with E-state index in [1.54, 1.807) is 18.2 Å². The van der Waals surface area contributed by atoms with Crippen LogP contribution < -0.4 is 27.2 Å². The van der Waals surface area contributed by atoms with Gasteiger partial charge in [0.25, 0.3) is 5.56 Å². The Balaban J connectivity index is 1.54. The zero-order valence-electron chi connectivity index (χ0n) is 21.4. The van der Waals surface area contributed by atoms with Crippen LogP contribution in [0.5, 0.6) is 0 Å². The molecule has 0 radical (unpaired) electrons. The number of carbonyl (C=O) groups is 1. The second kappa shape index (κ2) is 10.1. The number of nitriles is 1. The van der Waals surface area contributed by atoms with E-state index in [4.69, 9.17) is 28.1 Å². The standard InChI is InChI=1S/C28H26ClN9O2/c29-19-7-4-8-20-23(19)27(40)38(17-5-2-1-3-6-17)26(34-20)21-12-16(33-22(39)11-15-9-10-15)14-37(21)25-18(13-30)24(31)35-28(32)36-25/h1-8,15-16,21H,9-12,14H2,(H,33,39)(H4,31,32,35,36)/t16-,21?/m1/s1. The van der Waals surface area contributed by atoms with Gasteiger partial charge < -0.3 is 21.7 Å². The Morgan fingerprint density at radius 3 is 2.60 bits per heavy atom. The monoisotopic (exact) mass is 555 g/mol. The van der Waals surface area contributed by atoms with E-state index in [0.717, 1.165) is 12.8 Å². The van der Waals surface area contributed by atoms with Gasteiger partial charge >= 0.3 is 0 Å². The summed E-state index contributed by atoms with van der Waals surface area (Å²) in [5, 5.41) is 13.7. The number of amides is 1. The number of nitrogens with zero attached hydrogens (tertiary/aromatic N) is 6. The second-order valence-corrected chi connectivity index (χ2v) is 10.6. The summed E-state index contributed by atoms with van der Waals surface area (Å²) in [6, 6.07) is 15.5. The zero-order chi connectivity index (χ0) is 28.0. The van der Waals surface area contributed by atoms with Crippen LogP contribution in [0, 0.1) is 17.2 Å². The average molecular weight is 556 g/mol. The van der Waals surface area contributed by atoms with Crippen LogP contribution in [-0.4, -0.2) is 38.0 Å². The van der Waals surface area contributed by atoms with Gasteiger partial charge in [0.1, 0.15) is 23.3 Å². The summed E-state index contributed by atoms with van der Waals surface area (Å²) in [7, 11) is 0. The van der Waals surface area contributed by atoms with E-state index in [1.807, 2.05) is 35.2 Å². The molecule has 202 valence electrons. The van der Waals surface area contributed by atoms with E-state index < -0.39 is 6.04 Å². The van der Waals surface area contributed by atoms with Crippen molar-refractivity contribution in [3.05, 3.63) is 75.3 Å². The summed E-state index contributed by atoms with van der Waals surface area (Å²) in [5.41, 5.74) is 12.8. The van der Waals surface area contributed by atoms with Crippen molar-refractivity contribution in [1.82, 2.24) is 24.8 Å². The topological polar surface area (TPSA) is 169 Å². The Labute approximate surface area is 234 Å². The molecule has 3 heterocycles. The number of nitrogens with two attached hydrogens (primary N) is 2. The van der Waals surface area contributed by atoms with Gasteiger partial charge in [-0.1, -0.05) is 35.9 Å². The summed E-state index contributed by atoms with van der Waals surface area (Å²) in [4.78, 5) is 41.9. The Morgan fingerprint density at radius 1 is 1.10 bits per heavy atom. The lowest BCUT2D eigenvalue weighted by atomic mass is 10.1. The van der Waals surface area contributed by atoms with Gasteiger partial charge in [0.2, 0.25) is 11.9 Å². The smallest absolute Gasteiger partial charge is 0.267 e. The molecular formula is C28H26ClN9O2. The van der Waals surface area contributed by atoms with Crippen LogP contribution >= 0.6 is 11.6 Å². The fourth-order valence-corrected chi connectivity index (χ4v) is 5.60. The third kappa shape index (κ3) is 4.67. The van der Waals surface area contributed by atoms with Gasteiger partial charge in [0.05, 0.1) is 27.7 Å². The number of para-hydroxylation sites is 1. The van der Waals surface area contributed by atoms with Gasteiger partial charge in [-0.25, -0.2) is 4.98 Å². The first-order chi connectivity index (χ1) is 19.3. The van der Waals surface area contributed by atoms with Gasteiger partial charge in [-0.3, -0.25) is 14.2 Å². The quantitative estimate of drug-likeness (QED) is 0.323. The second-order valence-electron chi connectivity index (χ2n) is 10.2. The van der Waals surface area contributed by atoms with Crippen LogP contribution in [-0.2, 0) is 4.79 Å². The van der Waals surface area contributed by atoms with Crippen LogP contribution in [0.25, 0.3) is 16.6 Å². The molecule has 0 spiro atoms. The molecule has 6 rings (SSSR count). The number of nitrogen functional groups attached to an aromatic ring is 2. The Morgan fingerprint density at radius 2 is 1.88 bits per heavy atom. The van der Waals surface area contributed by atoms with Crippen molar-refractivity contribution in [3.8, 4) is 11.8 Å². The van der Waals surface area contributed by atoms with Crippen molar-refractivity contribution in [2.45, 2.75) is 37.8 Å². The number of hydrogen-bond donors (Lipinski definition) is 3. The van der Waals surface area contributed by atoms with E-state index in [0.29, 0.717) is 52.7 Å². The van der Waals surface area contributed by atoms with Crippen molar-refractivity contribution in [2.24, 2.45) is 5.92 Å². The molecule has 5 N–H and O–H groups in total. The van der Waals surface area contributed by atoms with Crippen LogP contribution in [0.15, 0.2) is 53.3 Å². The highest BCUT2D eigenvalue weighted by Crippen LogP contribution is 2.39. The predicted octanol–water partition coefficient (Wildman–Crippen LogP) is 3.10. The number of rotatable bonds is 6. The van der Waals surface area contributed by atoms with Gasteiger partial charge in [0.15, 0.2) is 5.82 Å². The molecule has 0 bridgehead atoms. The van der Waals surface area contributed by atoms with Crippen LogP contribution in [0.4, 0.5) is 17.6 Å². The van der Waals surface area contributed by atoms with Gasteiger partial charge in [-0.05, 0) is 49.4 Å². The molecule has 12 heteroatoms. The average Bonchev–Trinajstić information content (AvgIpc) is 3.64. The number of anilines is 3. The minimum absolute atomic E-state index is 0.0333. The number of benzene rings is 2. The number of fused-ring (bicyclic) bond motifs is 1. The molecule has 1 aliphatic carbocycles. The minimum Gasteiger partial charge on any atom is -0.382 e. The molecule has 11 nitrogen and oxygen atoms in total. The largest absolute Gasteiger partial charge is 0.382 e. The van der Waals surface area contributed by atoms with Crippen molar-refractivity contribution < 1.29 is 4.79 Å². The van der Waals surface area contributed by atoms with Crippen LogP contribution in [0.3, 0.4) is 0 Å². The van der Waals surface area contributed by atoms with Crippen LogP contribution in [0.1, 0.15) is 43.1 Å². The minimum atomic E-state index is -0.580. The van der Waals surface area contributed by atoms with Crippen molar-refractivity contribution >= 4 is 46.0 Å². The fraction of sp³-hybridized carbons (Fsp3) is 0.286. The summed E-state index contributed by atoms with van der Waals surface area (Å²) >= 11 is 6.47. The Kier molecular flexibility index (Phi) is 6.48. The first-order valence-corrected chi connectivity index (χ1v) is 13.4. The highest BCUT2D eigenvalue weighted by atomic mass is 35.5. The summed E-state index contributed by atoms with van der Waals surface area (Å²) in [6.07, 6.45) is 2.99. The van der Waals surface area contributed by atoms with E-state index >= 15 is 0 Å². The molecule has 2 aliphatic rings. The van der Waals surface area contributed by atoms with E-state index in [-0.39, 0.29) is 40.7 Å². The molecule has 1 unspecified atom stereocenters. The Bertz CT molecular complexity index is 1730. The molecule has 2 fully saturated rings. The molecule has 2 atom stereocenters. The number of carbonyl (C=O) groups excluding carboxylic acids is 1. The fourth-order valence-electron chi connectivity index (χ4n) is 5.35. The predicted molar refractivity (Wildman–Crippen MR) is 152 cm³/mol. The molecule has 1 saturated heterocycles. The lowest BCUT2D eigenvalue weighted by Gasteiger charge is -2.28. The van der Waals surface area contributed by atoms with Crippen molar-refractivity contribution in [3.63, 3.8) is 0 Å². The van der Waals surface area contributed by atoms with Gasteiger partial charge in [-0.15, -0.1) is 0 Å². The van der Waals surface area contributed by atoms with Gasteiger partial charge in [0, 0.05) is 19.0 Å². The lowest BCUT2D eigenvalue weighted by molar-refractivity contribution is -0.122. The molecule has 2 aromatic heterocycles. The normalized spacial score (nSPS) is 18.6. The number of aromatic nitrogens is 4. The van der Waals surface area contributed by atoms with Crippen molar-refractivity contribution in [2.75, 3.05) is 22.9 Å². The highest BCUT2D eigenvalue weighted by molar-refractivity contribution is 6.35. The van der Waals surface area contributed by atoms with E-state index in [9.17, 15) is 14.9 Å². The Hall–Kier alpha value is -4.69. The summed E-state index contributed by atoms with van der Waals surface area (Å²) in [5.74, 6) is 0.874. The molecule has 2 aromatic carbocycles. The SMILES string of the molecule is N#Cc1c(N)nc(N)nc1N1C[C@H](NC(=O)CC2CC2)CC1c1nc2cccc(Cl)c2c(=O)n1-c1ccccc1. The summed E-state index contributed by atoms with van der Waals surface area (Å²) in [6.45, 7) is 0.296. The van der Waals surface area contributed by atoms with E-state index in [2.05, 4.69) is 21.4 Å². The molecular weight excluding hydrogens is 530 g/mol. The van der Waals surface area contributed by atoms with Gasteiger partial charge in [-0.2, -0.15) is 15.2 Å². The third-order valence-corrected chi connectivity index (χ3v) is 7.66. The van der Waals surface area contributed by atoms with Crippen LogP contribution in [0.2, 0.25) is 5.02 Å². The summed E-state index contributed by atoms with van der Waals surface area (Å²) < 4.78 is 1.53. The van der Waals surface area contributed by atoms with Crippen molar-refractivity contribution in [1.29, 1.82) is 5.26 Å². The molecule has 1 amide bonds. The maximum atomic E-state index is 14.0. The molecule has 1 saturated carbocycles. The maximum absolute atomic E-state index is 14.0. The zero-order valence-corrected chi connectivity index (χ0v) is 22.2. The molecule has 40 heavy (non-hydrogen) atoms. The molecule has 4 aromatic rings. The number of halogens is 1. The highest BCUT2D eigenvalue weighted by Gasteiger charge is 2.40. The third-order valence-electron chi connectivity index (χ3n) is 7.34. The maximum Gasteiger partial charge on any atom is 0.267 e. The first kappa shape index (κ1) is 25.6. The van der Waals surface area contributed by atoms with E-state index in [1.165, 1.54) is 4.57 Å². The first-order valence-electron chi connectivity index (χ1n) is 13.0. The lowest BCUT2D eigenvalue weighted by Crippen LogP contribution is -2.37. The molecule has 1 aliphatic heterocycles.